The Morgan fingerprint density at radius 3 is 2.78 bits per heavy atom. The van der Waals surface area contributed by atoms with Crippen LogP contribution in [0, 0.1) is 20.8 Å². The van der Waals surface area contributed by atoms with Gasteiger partial charge in [0.2, 0.25) is 0 Å². The summed E-state index contributed by atoms with van der Waals surface area (Å²) in [4.78, 5) is 12.1. The number of carbonyl (C=O) groups is 1. The number of benzene rings is 1. The number of carbonyl (C=O) groups excluding carboxylic acids is 1. The molecule has 0 aliphatic carbocycles. The number of nitrogens with zero attached hydrogens (tertiary/aromatic N) is 1. The van der Waals surface area contributed by atoms with Crippen LogP contribution in [0.5, 0.6) is 5.75 Å². The molecule has 0 aliphatic rings. The fraction of sp³-hybridized carbons (Fsp3) is 0.412. The van der Waals surface area contributed by atoms with Crippen molar-refractivity contribution in [3.63, 3.8) is 0 Å². The molecule has 23 heavy (non-hydrogen) atoms. The highest BCUT2D eigenvalue weighted by Crippen LogP contribution is 2.22. The standard InChI is InChI=1S/C17H22N2O4/c1-11-5-6-15(12(2)9-11)22-10-14-13(3)23-19-16(14)17(20)18-7-8-21-4/h5-6,9H,7-8,10H2,1-4H3,(H,18,20). The molecule has 2 aromatic rings. The van der Waals surface area contributed by atoms with E-state index in [-0.39, 0.29) is 18.2 Å². The van der Waals surface area contributed by atoms with E-state index in [0.717, 1.165) is 11.3 Å². The average molecular weight is 318 g/mol. The Bertz CT molecular complexity index is 679. The van der Waals surface area contributed by atoms with Crippen LogP contribution in [0.4, 0.5) is 0 Å². The number of aryl methyl sites for hydroxylation is 3. The van der Waals surface area contributed by atoms with Crippen LogP contribution >= 0.6 is 0 Å². The third-order valence-electron chi connectivity index (χ3n) is 3.49. The van der Waals surface area contributed by atoms with Gasteiger partial charge in [-0.3, -0.25) is 4.79 Å². The molecule has 0 saturated carbocycles. The molecule has 1 N–H and O–H groups in total. The lowest BCUT2D eigenvalue weighted by atomic mass is 10.1. The molecule has 2 rings (SSSR count). The van der Waals surface area contributed by atoms with Gasteiger partial charge in [-0.15, -0.1) is 0 Å². The predicted octanol–water partition coefficient (Wildman–Crippen LogP) is 2.56. The number of hydrogen-bond donors (Lipinski definition) is 1. The summed E-state index contributed by atoms with van der Waals surface area (Å²) in [7, 11) is 1.58. The van der Waals surface area contributed by atoms with Crippen LogP contribution in [-0.2, 0) is 11.3 Å². The van der Waals surface area contributed by atoms with E-state index in [1.807, 2.05) is 32.0 Å². The molecular weight excluding hydrogens is 296 g/mol. The molecule has 0 bridgehead atoms. The highest BCUT2D eigenvalue weighted by molar-refractivity contribution is 5.93. The summed E-state index contributed by atoms with van der Waals surface area (Å²) in [6.07, 6.45) is 0. The summed E-state index contributed by atoms with van der Waals surface area (Å²) < 4.78 is 15.9. The first-order valence-electron chi connectivity index (χ1n) is 7.45. The molecule has 0 aliphatic heterocycles. The van der Waals surface area contributed by atoms with Gasteiger partial charge in [0.05, 0.1) is 12.2 Å². The highest BCUT2D eigenvalue weighted by Gasteiger charge is 2.20. The third-order valence-corrected chi connectivity index (χ3v) is 3.49. The predicted molar refractivity (Wildman–Crippen MR) is 85.7 cm³/mol. The topological polar surface area (TPSA) is 73.6 Å². The molecule has 0 radical (unpaired) electrons. The van der Waals surface area contributed by atoms with Crippen LogP contribution < -0.4 is 10.1 Å². The highest BCUT2D eigenvalue weighted by atomic mass is 16.5. The van der Waals surface area contributed by atoms with Crippen molar-refractivity contribution in [1.29, 1.82) is 0 Å². The summed E-state index contributed by atoms with van der Waals surface area (Å²) >= 11 is 0. The van der Waals surface area contributed by atoms with Crippen molar-refractivity contribution in [1.82, 2.24) is 10.5 Å². The smallest absolute Gasteiger partial charge is 0.273 e. The Morgan fingerprint density at radius 1 is 1.30 bits per heavy atom. The minimum Gasteiger partial charge on any atom is -0.488 e. The summed E-state index contributed by atoms with van der Waals surface area (Å²) in [6, 6.07) is 5.96. The van der Waals surface area contributed by atoms with Crippen LogP contribution in [-0.4, -0.2) is 31.3 Å². The van der Waals surface area contributed by atoms with E-state index in [9.17, 15) is 4.79 Å². The maximum absolute atomic E-state index is 12.1. The van der Waals surface area contributed by atoms with Crippen molar-refractivity contribution in [2.24, 2.45) is 0 Å². The van der Waals surface area contributed by atoms with Crippen molar-refractivity contribution in [3.8, 4) is 5.75 Å². The second kappa shape index (κ2) is 7.78. The SMILES string of the molecule is COCCNC(=O)c1noc(C)c1COc1ccc(C)cc1C. The molecule has 6 heteroatoms. The summed E-state index contributed by atoms with van der Waals surface area (Å²) in [5.41, 5.74) is 3.13. The Hall–Kier alpha value is -2.34. The molecule has 0 saturated heterocycles. The first kappa shape index (κ1) is 17.0. The first-order chi connectivity index (χ1) is 11.0. The fourth-order valence-electron chi connectivity index (χ4n) is 2.20. The van der Waals surface area contributed by atoms with Gasteiger partial charge in [-0.2, -0.15) is 0 Å². The van der Waals surface area contributed by atoms with Crippen LogP contribution in [0.2, 0.25) is 0 Å². The molecule has 0 atom stereocenters. The molecule has 6 nitrogen and oxygen atoms in total. The average Bonchev–Trinajstić information content (AvgIpc) is 2.88. The van der Waals surface area contributed by atoms with Gasteiger partial charge in [0.1, 0.15) is 18.1 Å². The molecule has 1 amide bonds. The van der Waals surface area contributed by atoms with Gasteiger partial charge in [-0.1, -0.05) is 22.9 Å². The summed E-state index contributed by atoms with van der Waals surface area (Å²) in [5, 5.41) is 6.56. The molecule has 0 fully saturated rings. The quantitative estimate of drug-likeness (QED) is 0.794. The number of amides is 1. The van der Waals surface area contributed by atoms with Gasteiger partial charge in [0, 0.05) is 13.7 Å². The fourth-order valence-corrected chi connectivity index (χ4v) is 2.20. The Labute approximate surface area is 135 Å². The molecule has 0 unspecified atom stereocenters. The Balaban J connectivity index is 2.07. The molecule has 1 aromatic heterocycles. The van der Waals surface area contributed by atoms with E-state index in [4.69, 9.17) is 14.0 Å². The van der Waals surface area contributed by atoms with E-state index in [0.29, 0.717) is 24.5 Å². The molecule has 1 heterocycles. The van der Waals surface area contributed by atoms with E-state index in [1.165, 1.54) is 5.56 Å². The molecule has 0 spiro atoms. The summed E-state index contributed by atoms with van der Waals surface area (Å²) in [6.45, 7) is 6.87. The van der Waals surface area contributed by atoms with Crippen molar-refractivity contribution in [2.45, 2.75) is 27.4 Å². The number of aromatic nitrogens is 1. The van der Waals surface area contributed by atoms with E-state index < -0.39 is 0 Å². The number of rotatable bonds is 7. The molecule has 124 valence electrons. The number of hydrogen-bond acceptors (Lipinski definition) is 5. The van der Waals surface area contributed by atoms with Crippen molar-refractivity contribution in [2.75, 3.05) is 20.3 Å². The lowest BCUT2D eigenvalue weighted by molar-refractivity contribution is 0.0926. The van der Waals surface area contributed by atoms with Gasteiger partial charge >= 0.3 is 0 Å². The van der Waals surface area contributed by atoms with Crippen LogP contribution in [0.3, 0.4) is 0 Å². The number of ether oxygens (including phenoxy) is 2. The lowest BCUT2D eigenvalue weighted by Gasteiger charge is -2.10. The second-order valence-electron chi connectivity index (χ2n) is 5.37. The zero-order chi connectivity index (χ0) is 16.8. The van der Waals surface area contributed by atoms with Crippen molar-refractivity contribution in [3.05, 3.63) is 46.3 Å². The van der Waals surface area contributed by atoms with E-state index in [2.05, 4.69) is 10.5 Å². The van der Waals surface area contributed by atoms with Gasteiger partial charge < -0.3 is 19.3 Å². The normalized spacial score (nSPS) is 10.6. The van der Waals surface area contributed by atoms with E-state index >= 15 is 0 Å². The third kappa shape index (κ3) is 4.32. The Morgan fingerprint density at radius 2 is 2.09 bits per heavy atom. The van der Waals surface area contributed by atoms with Crippen molar-refractivity contribution < 1.29 is 18.8 Å². The maximum atomic E-state index is 12.1. The Kier molecular flexibility index (Phi) is 5.76. The molecule has 1 aromatic carbocycles. The monoisotopic (exact) mass is 318 g/mol. The minimum absolute atomic E-state index is 0.228. The maximum Gasteiger partial charge on any atom is 0.273 e. The number of nitrogens with one attached hydrogen (secondary N) is 1. The minimum atomic E-state index is -0.293. The van der Waals surface area contributed by atoms with Gasteiger partial charge in [0.15, 0.2) is 5.69 Å². The zero-order valence-corrected chi connectivity index (χ0v) is 13.9. The van der Waals surface area contributed by atoms with Crippen LogP contribution in [0.25, 0.3) is 0 Å². The van der Waals surface area contributed by atoms with Gasteiger partial charge in [-0.05, 0) is 32.4 Å². The van der Waals surface area contributed by atoms with Crippen LogP contribution in [0.15, 0.2) is 22.7 Å². The van der Waals surface area contributed by atoms with Gasteiger partial charge in [-0.25, -0.2) is 0 Å². The first-order valence-corrected chi connectivity index (χ1v) is 7.45. The van der Waals surface area contributed by atoms with Crippen molar-refractivity contribution >= 4 is 5.91 Å². The molecular formula is C17H22N2O4. The second-order valence-corrected chi connectivity index (χ2v) is 5.37. The van der Waals surface area contributed by atoms with Crippen LogP contribution in [0.1, 0.15) is 32.9 Å². The number of methoxy groups -OCH3 is 1. The summed E-state index contributed by atoms with van der Waals surface area (Å²) in [5.74, 6) is 1.06. The lowest BCUT2D eigenvalue weighted by Crippen LogP contribution is -2.28. The largest absolute Gasteiger partial charge is 0.488 e. The van der Waals surface area contributed by atoms with Gasteiger partial charge in [0.25, 0.3) is 5.91 Å². The zero-order valence-electron chi connectivity index (χ0n) is 13.9. The van der Waals surface area contributed by atoms with E-state index in [1.54, 1.807) is 14.0 Å².